The zero-order chi connectivity index (χ0) is 21.6. The van der Waals surface area contributed by atoms with Crippen molar-refractivity contribution in [3.63, 3.8) is 0 Å². The predicted octanol–water partition coefficient (Wildman–Crippen LogP) is 5.34. The summed E-state index contributed by atoms with van der Waals surface area (Å²) in [6, 6.07) is 13.3. The van der Waals surface area contributed by atoms with Crippen LogP contribution in [0.25, 0.3) is 16.3 Å². The highest BCUT2D eigenvalue weighted by atomic mass is 32.2. The first-order chi connectivity index (χ1) is 14.2. The van der Waals surface area contributed by atoms with Gasteiger partial charge in [0.15, 0.2) is 0 Å². The van der Waals surface area contributed by atoms with Crippen molar-refractivity contribution in [1.82, 2.24) is 0 Å². The van der Waals surface area contributed by atoms with Crippen molar-refractivity contribution in [2.24, 2.45) is 7.05 Å². The standard InChI is InChI=1S/C24H29N4S2/c1-16(12-23-27(6)19-10-8-17(25(2)3)14-21(19)29-23)13-24-28(7)20-11-9-18(26(4)5)15-22(20)30-24/h8-15H,1-7H3/q+1. The maximum atomic E-state index is 2.29. The minimum Gasteiger partial charge on any atom is -0.378 e. The third-order valence-corrected chi connectivity index (χ3v) is 7.73. The van der Waals surface area contributed by atoms with Gasteiger partial charge in [-0.2, -0.15) is 4.57 Å². The molecule has 0 amide bonds. The molecule has 0 bridgehead atoms. The molecule has 1 aliphatic rings. The van der Waals surface area contributed by atoms with Crippen molar-refractivity contribution in [2.75, 3.05) is 49.9 Å². The molecule has 1 aliphatic heterocycles. The summed E-state index contributed by atoms with van der Waals surface area (Å²) < 4.78 is 3.59. The Balaban J connectivity index is 1.64. The lowest BCUT2D eigenvalue weighted by Gasteiger charge is -2.15. The van der Waals surface area contributed by atoms with Crippen LogP contribution in [0.2, 0.25) is 0 Å². The maximum absolute atomic E-state index is 2.29. The summed E-state index contributed by atoms with van der Waals surface area (Å²) in [4.78, 5) is 7.89. The van der Waals surface area contributed by atoms with Gasteiger partial charge in [-0.25, -0.2) is 0 Å². The Bertz CT molecular complexity index is 1170. The topological polar surface area (TPSA) is 13.6 Å². The van der Waals surface area contributed by atoms with Gasteiger partial charge in [0.2, 0.25) is 5.52 Å². The van der Waals surface area contributed by atoms with Crippen LogP contribution in [0, 0.1) is 0 Å². The molecular weight excluding hydrogens is 408 g/mol. The molecule has 30 heavy (non-hydrogen) atoms. The van der Waals surface area contributed by atoms with Gasteiger partial charge in [-0.05, 0) is 48.9 Å². The number of aromatic nitrogens is 1. The average molecular weight is 438 g/mol. The summed E-state index contributed by atoms with van der Waals surface area (Å²) in [6.45, 7) is 2.19. The van der Waals surface area contributed by atoms with Crippen LogP contribution in [0.5, 0.6) is 0 Å². The van der Waals surface area contributed by atoms with E-state index < -0.39 is 0 Å². The number of fused-ring (bicyclic) bond motifs is 2. The molecule has 1 aromatic heterocycles. The third kappa shape index (κ3) is 3.82. The Morgan fingerprint density at radius 2 is 1.67 bits per heavy atom. The van der Waals surface area contributed by atoms with Gasteiger partial charge in [-0.15, -0.1) is 0 Å². The lowest BCUT2D eigenvalue weighted by molar-refractivity contribution is -0.642. The summed E-state index contributed by atoms with van der Waals surface area (Å²) in [5, 5.41) is 2.52. The molecule has 6 heteroatoms. The van der Waals surface area contributed by atoms with Gasteiger partial charge >= 0.3 is 0 Å². The fourth-order valence-corrected chi connectivity index (χ4v) is 5.95. The molecule has 0 saturated heterocycles. The van der Waals surface area contributed by atoms with Crippen molar-refractivity contribution in [1.29, 1.82) is 0 Å². The zero-order valence-corrected chi connectivity index (χ0v) is 20.4. The number of hydrogen-bond acceptors (Lipinski definition) is 5. The molecule has 0 fully saturated rings. The normalized spacial score (nSPS) is 15.2. The quantitative estimate of drug-likeness (QED) is 0.511. The first-order valence-corrected chi connectivity index (χ1v) is 11.6. The lowest BCUT2D eigenvalue weighted by atomic mass is 10.2. The van der Waals surface area contributed by atoms with Gasteiger partial charge in [0.1, 0.15) is 11.7 Å². The number of rotatable bonds is 4. The maximum Gasteiger partial charge on any atom is 0.262 e. The van der Waals surface area contributed by atoms with Crippen LogP contribution in [0.15, 0.2) is 58.0 Å². The van der Waals surface area contributed by atoms with Crippen molar-refractivity contribution in [3.8, 4) is 0 Å². The fraction of sp³-hybridized carbons (Fsp3) is 0.292. The molecule has 2 heterocycles. The Hall–Kier alpha value is -2.44. The number of anilines is 3. The molecule has 0 radical (unpaired) electrons. The van der Waals surface area contributed by atoms with Gasteiger partial charge in [-0.1, -0.05) is 23.1 Å². The predicted molar refractivity (Wildman–Crippen MR) is 134 cm³/mol. The second kappa shape index (κ2) is 8.00. The van der Waals surface area contributed by atoms with Crippen molar-refractivity contribution in [3.05, 3.63) is 58.1 Å². The van der Waals surface area contributed by atoms with Crippen LogP contribution in [0.4, 0.5) is 17.1 Å². The van der Waals surface area contributed by atoms with E-state index in [4.69, 9.17) is 0 Å². The number of hydrogen-bond donors (Lipinski definition) is 0. The Kier molecular flexibility index (Phi) is 5.55. The van der Waals surface area contributed by atoms with Crippen molar-refractivity contribution in [2.45, 2.75) is 11.8 Å². The largest absolute Gasteiger partial charge is 0.378 e. The number of thiazole rings is 1. The summed E-state index contributed by atoms with van der Waals surface area (Å²) >= 11 is 3.68. The highest BCUT2D eigenvalue weighted by molar-refractivity contribution is 8.03. The molecule has 2 aromatic carbocycles. The van der Waals surface area contributed by atoms with Crippen LogP contribution in [-0.4, -0.2) is 35.2 Å². The second-order valence-corrected chi connectivity index (χ2v) is 10.2. The molecule has 4 rings (SSSR count). The highest BCUT2D eigenvalue weighted by Crippen LogP contribution is 2.46. The minimum absolute atomic E-state index is 1.23. The summed E-state index contributed by atoms with van der Waals surface area (Å²) in [5.41, 5.74) is 6.26. The van der Waals surface area contributed by atoms with Gasteiger partial charge < -0.3 is 14.7 Å². The Morgan fingerprint density at radius 3 is 2.37 bits per heavy atom. The van der Waals surface area contributed by atoms with Gasteiger partial charge in [0.25, 0.3) is 5.01 Å². The van der Waals surface area contributed by atoms with Gasteiger partial charge in [-0.3, -0.25) is 0 Å². The molecule has 0 N–H and O–H groups in total. The van der Waals surface area contributed by atoms with Crippen LogP contribution >= 0.6 is 23.1 Å². The van der Waals surface area contributed by atoms with E-state index >= 15 is 0 Å². The molecule has 0 atom stereocenters. The van der Waals surface area contributed by atoms with Crippen molar-refractivity contribution >= 4 is 56.5 Å². The van der Waals surface area contributed by atoms with E-state index in [1.165, 1.54) is 47.8 Å². The molecule has 0 unspecified atom stereocenters. The third-order valence-electron chi connectivity index (χ3n) is 5.43. The number of allylic oxidation sites excluding steroid dienone is 2. The van der Waals surface area contributed by atoms with Crippen LogP contribution in [-0.2, 0) is 7.05 Å². The Labute approximate surface area is 187 Å². The fourth-order valence-electron chi connectivity index (χ4n) is 3.56. The van der Waals surface area contributed by atoms with Gasteiger partial charge in [0, 0.05) is 63.7 Å². The van der Waals surface area contributed by atoms with E-state index in [1.54, 1.807) is 0 Å². The lowest BCUT2D eigenvalue weighted by Crippen LogP contribution is -2.29. The number of thioether (sulfide) groups is 1. The first-order valence-electron chi connectivity index (χ1n) is 9.97. The average Bonchev–Trinajstić information content (AvgIpc) is 3.17. The molecule has 156 valence electrons. The minimum atomic E-state index is 1.23. The van der Waals surface area contributed by atoms with E-state index in [0.29, 0.717) is 0 Å². The monoisotopic (exact) mass is 437 g/mol. The number of nitrogens with zero attached hydrogens (tertiary/aromatic N) is 4. The van der Waals surface area contributed by atoms with Crippen molar-refractivity contribution < 1.29 is 4.57 Å². The van der Waals surface area contributed by atoms with Crippen LogP contribution < -0.4 is 19.3 Å². The first kappa shape index (κ1) is 20.8. The molecular formula is C24H29N4S2+. The smallest absolute Gasteiger partial charge is 0.262 e. The SMILES string of the molecule is CC(/C=C1\Sc2cc(N(C)C)ccc2N1C)=C\c1sc2cc(N(C)C)ccc2[n+]1C. The van der Waals surface area contributed by atoms with Crippen LogP contribution in [0.3, 0.4) is 0 Å². The summed E-state index contributed by atoms with van der Waals surface area (Å²) in [5.74, 6) is 0. The summed E-state index contributed by atoms with van der Waals surface area (Å²) in [6.07, 6.45) is 4.57. The molecule has 0 saturated carbocycles. The van der Waals surface area contributed by atoms with Crippen LogP contribution in [0.1, 0.15) is 11.9 Å². The zero-order valence-electron chi connectivity index (χ0n) is 18.7. The number of aryl methyl sites for hydroxylation is 1. The number of benzene rings is 2. The Morgan fingerprint density at radius 1 is 1.00 bits per heavy atom. The second-order valence-electron chi connectivity index (χ2n) is 8.12. The van der Waals surface area contributed by atoms with E-state index in [1.807, 2.05) is 23.1 Å². The van der Waals surface area contributed by atoms with E-state index in [0.717, 1.165) is 0 Å². The molecule has 0 aliphatic carbocycles. The van der Waals surface area contributed by atoms with Gasteiger partial charge in [0.05, 0.1) is 10.7 Å². The van der Waals surface area contributed by atoms with E-state index in [-0.39, 0.29) is 0 Å². The highest BCUT2D eigenvalue weighted by Gasteiger charge is 2.23. The molecule has 0 spiro atoms. The molecule has 4 nitrogen and oxygen atoms in total. The molecule has 3 aromatic rings. The van der Waals surface area contributed by atoms with E-state index in [2.05, 4.69) is 117 Å². The summed E-state index contributed by atoms with van der Waals surface area (Å²) in [7, 11) is 12.6. The van der Waals surface area contributed by atoms with E-state index in [9.17, 15) is 0 Å².